The fraction of sp³-hybridized carbons (Fsp3) is 0.238. The van der Waals surface area contributed by atoms with E-state index in [0.29, 0.717) is 5.69 Å². The third-order valence-electron chi connectivity index (χ3n) is 4.89. The fourth-order valence-corrected chi connectivity index (χ4v) is 3.61. The van der Waals surface area contributed by atoms with Gasteiger partial charge >= 0.3 is 0 Å². The summed E-state index contributed by atoms with van der Waals surface area (Å²) in [7, 11) is 0. The highest BCUT2D eigenvalue weighted by Crippen LogP contribution is 2.34. The van der Waals surface area contributed by atoms with E-state index in [1.54, 1.807) is 12.1 Å². The van der Waals surface area contributed by atoms with Gasteiger partial charge in [-0.05, 0) is 37.0 Å². The number of hydrogen-bond donors (Lipinski definition) is 1. The summed E-state index contributed by atoms with van der Waals surface area (Å²) in [5.41, 5.74) is 4.18. The average Bonchev–Trinajstić information content (AvgIpc) is 3.07. The van der Waals surface area contributed by atoms with Gasteiger partial charge in [-0.3, -0.25) is 4.68 Å². The smallest absolute Gasteiger partial charge is 0.143 e. The molecule has 1 aromatic heterocycles. The van der Waals surface area contributed by atoms with E-state index in [1.807, 2.05) is 30.5 Å². The van der Waals surface area contributed by atoms with Crippen molar-refractivity contribution >= 4 is 5.69 Å². The second-order valence-electron chi connectivity index (χ2n) is 6.55. The highest BCUT2D eigenvalue weighted by atomic mass is 19.1. The Hall–Kier alpha value is -3.13. The number of nitrogens with one attached hydrogen (secondary N) is 1. The van der Waals surface area contributed by atoms with Gasteiger partial charge in [0.1, 0.15) is 17.4 Å². The third-order valence-corrected chi connectivity index (χ3v) is 4.89. The predicted octanol–water partition coefficient (Wildman–Crippen LogP) is 4.43. The van der Waals surface area contributed by atoms with E-state index in [2.05, 4.69) is 27.2 Å². The number of nitriles is 1. The van der Waals surface area contributed by atoms with E-state index in [4.69, 9.17) is 0 Å². The highest BCUT2D eigenvalue weighted by molar-refractivity contribution is 5.59. The molecule has 26 heavy (non-hydrogen) atoms. The van der Waals surface area contributed by atoms with Gasteiger partial charge in [-0.25, -0.2) is 4.39 Å². The van der Waals surface area contributed by atoms with E-state index < -0.39 is 5.82 Å². The molecule has 0 saturated heterocycles. The summed E-state index contributed by atoms with van der Waals surface area (Å²) < 4.78 is 15.9. The van der Waals surface area contributed by atoms with E-state index >= 15 is 0 Å². The summed E-state index contributed by atoms with van der Waals surface area (Å²) in [6.45, 7) is 0.742. The first-order valence-electron chi connectivity index (χ1n) is 8.80. The Morgan fingerprint density at radius 1 is 1.19 bits per heavy atom. The number of fused-ring (bicyclic) bond motifs is 1. The topological polar surface area (TPSA) is 53.6 Å². The van der Waals surface area contributed by atoms with Crippen LogP contribution in [-0.2, 0) is 13.0 Å². The molecule has 0 aliphatic heterocycles. The number of benzene rings is 2. The molecule has 0 fully saturated rings. The number of halogens is 1. The molecule has 4 nitrogen and oxygen atoms in total. The zero-order valence-electron chi connectivity index (χ0n) is 14.3. The van der Waals surface area contributed by atoms with Crippen LogP contribution in [-0.4, -0.2) is 9.78 Å². The van der Waals surface area contributed by atoms with Gasteiger partial charge < -0.3 is 5.32 Å². The van der Waals surface area contributed by atoms with E-state index in [-0.39, 0.29) is 11.6 Å². The minimum atomic E-state index is -0.492. The fourth-order valence-electron chi connectivity index (χ4n) is 3.61. The molecule has 1 aliphatic carbocycles. The standard InChI is InChI=1S/C21H19FN4/c22-18-8-4-9-19(16(18)12-23)25-20-10-5-11-21-17(20)13-24-26(21)14-15-6-2-1-3-7-15/h1-4,6-9,13,20,25H,5,10-11,14H2/t20-/m0/s1. The molecule has 0 radical (unpaired) electrons. The Morgan fingerprint density at radius 3 is 2.85 bits per heavy atom. The second kappa shape index (κ2) is 7.01. The number of anilines is 1. The molecule has 130 valence electrons. The molecule has 3 aromatic rings. The summed E-state index contributed by atoms with van der Waals surface area (Å²) in [4.78, 5) is 0. The number of rotatable bonds is 4. The Balaban J connectivity index is 1.61. The molecule has 5 heteroatoms. The van der Waals surface area contributed by atoms with Gasteiger partial charge in [0.25, 0.3) is 0 Å². The molecular formula is C21H19FN4. The predicted molar refractivity (Wildman–Crippen MR) is 98.2 cm³/mol. The van der Waals surface area contributed by atoms with Gasteiger partial charge in [0.05, 0.1) is 24.5 Å². The van der Waals surface area contributed by atoms with Crippen molar-refractivity contribution in [1.29, 1.82) is 5.26 Å². The zero-order valence-corrected chi connectivity index (χ0v) is 14.3. The Morgan fingerprint density at radius 2 is 2.04 bits per heavy atom. The van der Waals surface area contributed by atoms with Crippen molar-refractivity contribution in [3.05, 3.63) is 82.9 Å². The van der Waals surface area contributed by atoms with Crippen molar-refractivity contribution in [2.75, 3.05) is 5.32 Å². The number of nitrogens with zero attached hydrogens (tertiary/aromatic N) is 3. The van der Waals surface area contributed by atoms with E-state index in [1.165, 1.54) is 17.3 Å². The van der Waals surface area contributed by atoms with Crippen molar-refractivity contribution in [3.63, 3.8) is 0 Å². The first-order chi connectivity index (χ1) is 12.8. The largest absolute Gasteiger partial charge is 0.377 e. The Bertz CT molecular complexity index is 956. The second-order valence-corrected chi connectivity index (χ2v) is 6.55. The molecule has 1 atom stereocenters. The quantitative estimate of drug-likeness (QED) is 0.760. The summed E-state index contributed by atoms with van der Waals surface area (Å²) in [6.07, 6.45) is 4.85. The molecule has 0 saturated carbocycles. The molecule has 0 bridgehead atoms. The van der Waals surface area contributed by atoms with Crippen molar-refractivity contribution in [1.82, 2.24) is 9.78 Å². The monoisotopic (exact) mass is 346 g/mol. The Labute approximate surface area is 151 Å². The van der Waals surface area contributed by atoms with Gasteiger partial charge in [0.15, 0.2) is 0 Å². The molecular weight excluding hydrogens is 327 g/mol. The molecule has 1 aliphatic rings. The average molecular weight is 346 g/mol. The molecule has 2 aromatic carbocycles. The van der Waals surface area contributed by atoms with Crippen molar-refractivity contribution in [3.8, 4) is 6.07 Å². The molecule has 1 N–H and O–H groups in total. The lowest BCUT2D eigenvalue weighted by atomic mass is 9.92. The number of hydrogen-bond acceptors (Lipinski definition) is 3. The number of aromatic nitrogens is 2. The highest BCUT2D eigenvalue weighted by Gasteiger charge is 2.25. The summed E-state index contributed by atoms with van der Waals surface area (Å²) >= 11 is 0. The third kappa shape index (κ3) is 3.06. The zero-order chi connectivity index (χ0) is 17.9. The molecule has 0 spiro atoms. The van der Waals surface area contributed by atoms with Crippen LogP contribution < -0.4 is 5.32 Å². The van der Waals surface area contributed by atoms with Crippen molar-refractivity contribution in [2.45, 2.75) is 31.8 Å². The van der Waals surface area contributed by atoms with Crippen LogP contribution in [0.2, 0.25) is 0 Å². The lowest BCUT2D eigenvalue weighted by Gasteiger charge is -2.25. The lowest BCUT2D eigenvalue weighted by Crippen LogP contribution is -2.19. The maximum Gasteiger partial charge on any atom is 0.143 e. The van der Waals surface area contributed by atoms with Crippen molar-refractivity contribution < 1.29 is 4.39 Å². The normalized spacial score (nSPS) is 15.9. The van der Waals surface area contributed by atoms with Crippen molar-refractivity contribution in [2.24, 2.45) is 0 Å². The first-order valence-corrected chi connectivity index (χ1v) is 8.80. The lowest BCUT2D eigenvalue weighted by molar-refractivity contribution is 0.556. The van der Waals surface area contributed by atoms with Gasteiger partial charge in [0, 0.05) is 11.3 Å². The summed E-state index contributed by atoms with van der Waals surface area (Å²) in [5.74, 6) is -0.492. The van der Waals surface area contributed by atoms with Crippen LogP contribution in [0.3, 0.4) is 0 Å². The van der Waals surface area contributed by atoms with Crippen LogP contribution in [0.5, 0.6) is 0 Å². The minimum absolute atomic E-state index is 0.0390. The van der Waals surface area contributed by atoms with Crippen LogP contribution in [0.25, 0.3) is 0 Å². The summed E-state index contributed by atoms with van der Waals surface area (Å²) in [5, 5.41) is 17.2. The molecule has 4 rings (SSSR count). The molecule has 0 unspecified atom stereocenters. The van der Waals surface area contributed by atoms with Gasteiger partial charge in [-0.1, -0.05) is 36.4 Å². The van der Waals surface area contributed by atoms with Crippen LogP contribution in [0.4, 0.5) is 10.1 Å². The van der Waals surface area contributed by atoms with Gasteiger partial charge in [0.2, 0.25) is 0 Å². The van der Waals surface area contributed by atoms with E-state index in [0.717, 1.165) is 31.4 Å². The van der Waals surface area contributed by atoms with Gasteiger partial charge in [-0.15, -0.1) is 0 Å². The molecule has 0 amide bonds. The maximum atomic E-state index is 13.9. The summed E-state index contributed by atoms with van der Waals surface area (Å²) in [6, 6.07) is 17.0. The Kier molecular flexibility index (Phi) is 4.40. The minimum Gasteiger partial charge on any atom is -0.377 e. The molecule has 1 heterocycles. The van der Waals surface area contributed by atoms with Crippen LogP contribution in [0, 0.1) is 17.1 Å². The van der Waals surface area contributed by atoms with E-state index in [9.17, 15) is 9.65 Å². The maximum absolute atomic E-state index is 13.9. The van der Waals surface area contributed by atoms with Crippen LogP contribution in [0.1, 0.15) is 41.3 Å². The van der Waals surface area contributed by atoms with Crippen LogP contribution >= 0.6 is 0 Å². The van der Waals surface area contributed by atoms with Gasteiger partial charge in [-0.2, -0.15) is 10.4 Å². The SMILES string of the molecule is N#Cc1c(F)cccc1N[C@H]1CCCc2c1cnn2Cc1ccccc1. The first kappa shape index (κ1) is 16.3. The van der Waals surface area contributed by atoms with Crippen LogP contribution in [0.15, 0.2) is 54.7 Å².